The van der Waals surface area contributed by atoms with Gasteiger partial charge in [-0.3, -0.25) is 29.5 Å². The molecule has 3 rings (SSSR count). The number of hydrazine groups is 1. The number of rotatable bonds is 4. The van der Waals surface area contributed by atoms with E-state index in [4.69, 9.17) is 5.84 Å². The van der Waals surface area contributed by atoms with E-state index in [9.17, 15) is 24.3 Å². The Morgan fingerprint density at radius 3 is 2.72 bits per heavy atom. The van der Waals surface area contributed by atoms with Crippen LogP contribution >= 0.6 is 23.1 Å². The number of carbonyl (C=O) groups excluding carboxylic acids is 3. The number of nitrogens with zero attached hydrogens (tertiary/aromatic N) is 2. The highest BCUT2D eigenvalue weighted by atomic mass is 32.2. The van der Waals surface area contributed by atoms with Gasteiger partial charge in [-0.2, -0.15) is 0 Å². The summed E-state index contributed by atoms with van der Waals surface area (Å²) in [6.07, 6.45) is 0. The third-order valence-corrected chi connectivity index (χ3v) is 6.77. The van der Waals surface area contributed by atoms with Gasteiger partial charge in [0, 0.05) is 19.2 Å². The van der Waals surface area contributed by atoms with Crippen LogP contribution in [0.15, 0.2) is 17.5 Å². The minimum absolute atomic E-state index is 0.0352. The second kappa shape index (κ2) is 6.32. The Balaban J connectivity index is 1.86. The van der Waals surface area contributed by atoms with E-state index in [1.54, 1.807) is 17.5 Å². The van der Waals surface area contributed by atoms with Gasteiger partial charge in [0.15, 0.2) is 5.41 Å². The summed E-state index contributed by atoms with van der Waals surface area (Å²) in [5.74, 6) is 2.25. The molecule has 2 unspecified atom stereocenters. The molecule has 0 aromatic carbocycles. The summed E-state index contributed by atoms with van der Waals surface area (Å²) in [6.45, 7) is 1.11. The summed E-state index contributed by atoms with van der Waals surface area (Å²) < 4.78 is 0. The van der Waals surface area contributed by atoms with Crippen LogP contribution < -0.4 is 16.2 Å². The Morgan fingerprint density at radius 2 is 2.20 bits per heavy atom. The molecule has 9 nitrogen and oxygen atoms in total. The molecule has 25 heavy (non-hydrogen) atoms. The predicted octanol–water partition coefficient (Wildman–Crippen LogP) is -0.554. The van der Waals surface area contributed by atoms with Gasteiger partial charge in [0.2, 0.25) is 11.8 Å². The number of thiophene rings is 1. The summed E-state index contributed by atoms with van der Waals surface area (Å²) in [5.41, 5.74) is 0.0807. The SMILES string of the molecule is CC(=O)N(c1cccs1)C1C(=O)N2CC(C(=O)O)(C(=O)NN)CS[C@H]12. The number of hydrogen-bond donors (Lipinski definition) is 3. The van der Waals surface area contributed by atoms with Crippen LogP contribution in [0.2, 0.25) is 0 Å². The molecule has 0 bridgehead atoms. The zero-order valence-corrected chi connectivity index (χ0v) is 14.8. The molecule has 4 N–H and O–H groups in total. The number of anilines is 1. The Labute approximate surface area is 151 Å². The number of fused-ring (bicyclic) bond motifs is 1. The molecule has 2 aliphatic rings. The number of nitrogens with one attached hydrogen (secondary N) is 1. The summed E-state index contributed by atoms with van der Waals surface area (Å²) in [4.78, 5) is 51.1. The minimum Gasteiger partial charge on any atom is -0.480 e. The molecule has 134 valence electrons. The second-order valence-corrected chi connectivity index (χ2v) is 7.84. The van der Waals surface area contributed by atoms with Crippen molar-refractivity contribution in [3.05, 3.63) is 17.5 Å². The molecular weight excluding hydrogens is 368 g/mol. The first kappa shape index (κ1) is 17.7. The number of carboxylic acid groups (broad SMARTS) is 1. The lowest BCUT2D eigenvalue weighted by Gasteiger charge is -2.55. The van der Waals surface area contributed by atoms with E-state index in [0.29, 0.717) is 5.00 Å². The maximum Gasteiger partial charge on any atom is 0.321 e. The molecule has 0 radical (unpaired) electrons. The molecule has 3 atom stereocenters. The van der Waals surface area contributed by atoms with Crippen molar-refractivity contribution in [3.63, 3.8) is 0 Å². The molecule has 1 aromatic rings. The van der Waals surface area contributed by atoms with E-state index in [2.05, 4.69) is 0 Å². The van der Waals surface area contributed by atoms with Crippen LogP contribution in [0.4, 0.5) is 5.00 Å². The van der Waals surface area contributed by atoms with E-state index in [-0.39, 0.29) is 24.1 Å². The number of nitrogens with two attached hydrogens (primary N) is 1. The van der Waals surface area contributed by atoms with Crippen LogP contribution in [-0.2, 0) is 19.2 Å². The fourth-order valence-electron chi connectivity index (χ4n) is 3.05. The van der Waals surface area contributed by atoms with Crippen molar-refractivity contribution in [1.82, 2.24) is 10.3 Å². The van der Waals surface area contributed by atoms with Crippen LogP contribution in [0.1, 0.15) is 6.92 Å². The number of amides is 3. The van der Waals surface area contributed by atoms with Crippen molar-refractivity contribution < 1.29 is 24.3 Å². The molecule has 2 aliphatic heterocycles. The fourth-order valence-corrected chi connectivity index (χ4v) is 5.44. The van der Waals surface area contributed by atoms with Crippen LogP contribution in [0.25, 0.3) is 0 Å². The number of hydrogen-bond acceptors (Lipinski definition) is 7. The van der Waals surface area contributed by atoms with Crippen LogP contribution in [-0.4, -0.2) is 57.4 Å². The average Bonchev–Trinajstić information content (AvgIpc) is 3.11. The topological polar surface area (TPSA) is 133 Å². The zero-order valence-electron chi connectivity index (χ0n) is 13.2. The fraction of sp³-hybridized carbons (Fsp3) is 0.429. The van der Waals surface area contributed by atoms with Crippen molar-refractivity contribution in [1.29, 1.82) is 0 Å². The molecule has 3 heterocycles. The van der Waals surface area contributed by atoms with Gasteiger partial charge >= 0.3 is 5.97 Å². The lowest BCUT2D eigenvalue weighted by Crippen LogP contribution is -2.75. The van der Waals surface area contributed by atoms with Gasteiger partial charge in [-0.25, -0.2) is 5.84 Å². The Morgan fingerprint density at radius 1 is 1.48 bits per heavy atom. The first-order valence-corrected chi connectivity index (χ1v) is 9.26. The van der Waals surface area contributed by atoms with E-state index >= 15 is 0 Å². The van der Waals surface area contributed by atoms with Crippen LogP contribution in [0.5, 0.6) is 0 Å². The zero-order chi connectivity index (χ0) is 18.4. The summed E-state index contributed by atoms with van der Waals surface area (Å²) >= 11 is 2.51. The highest BCUT2D eigenvalue weighted by molar-refractivity contribution is 8.00. The van der Waals surface area contributed by atoms with Gasteiger partial charge in [0.05, 0.1) is 5.00 Å². The van der Waals surface area contributed by atoms with Crippen LogP contribution in [0.3, 0.4) is 0 Å². The molecule has 1 aromatic heterocycles. The third kappa shape index (κ3) is 2.58. The molecular formula is C14H16N4O5S2. The molecule has 0 saturated carbocycles. The molecule has 11 heteroatoms. The summed E-state index contributed by atoms with van der Waals surface area (Å²) in [6, 6.07) is 2.83. The van der Waals surface area contributed by atoms with E-state index in [0.717, 1.165) is 0 Å². The smallest absolute Gasteiger partial charge is 0.321 e. The molecule has 3 amide bonds. The molecule has 2 saturated heterocycles. The normalized spacial score (nSPS) is 27.9. The first-order valence-electron chi connectivity index (χ1n) is 7.33. The van der Waals surface area contributed by atoms with Crippen molar-refractivity contribution in [3.8, 4) is 0 Å². The monoisotopic (exact) mass is 384 g/mol. The van der Waals surface area contributed by atoms with Crippen molar-refractivity contribution >= 4 is 51.8 Å². The molecule has 0 spiro atoms. The third-order valence-electron chi connectivity index (χ3n) is 4.39. The van der Waals surface area contributed by atoms with E-state index < -0.39 is 28.7 Å². The van der Waals surface area contributed by atoms with Crippen LogP contribution in [0, 0.1) is 5.41 Å². The van der Waals surface area contributed by atoms with Gasteiger partial charge in [0.25, 0.3) is 5.91 Å². The highest BCUT2D eigenvalue weighted by Gasteiger charge is 2.61. The summed E-state index contributed by atoms with van der Waals surface area (Å²) in [5, 5.41) is 11.6. The number of carbonyl (C=O) groups is 4. The molecule has 0 aliphatic carbocycles. The van der Waals surface area contributed by atoms with Crippen molar-refractivity contribution in [2.75, 3.05) is 17.2 Å². The Hall–Kier alpha value is -2.11. The maximum atomic E-state index is 12.6. The highest BCUT2D eigenvalue weighted by Crippen LogP contribution is 2.45. The van der Waals surface area contributed by atoms with Gasteiger partial charge < -0.3 is 10.0 Å². The van der Waals surface area contributed by atoms with Gasteiger partial charge in [0.1, 0.15) is 11.4 Å². The Kier molecular flexibility index (Phi) is 4.47. The maximum absolute atomic E-state index is 12.6. The lowest BCUT2D eigenvalue weighted by atomic mass is 9.86. The van der Waals surface area contributed by atoms with E-state index in [1.165, 1.54) is 39.8 Å². The van der Waals surface area contributed by atoms with Gasteiger partial charge in [-0.1, -0.05) is 0 Å². The number of thioether (sulfide) groups is 1. The predicted molar refractivity (Wildman–Crippen MR) is 91.6 cm³/mol. The Bertz CT molecular complexity index is 740. The largest absolute Gasteiger partial charge is 0.480 e. The number of carboxylic acids is 1. The second-order valence-electron chi connectivity index (χ2n) is 5.81. The van der Waals surface area contributed by atoms with Crippen molar-refractivity contribution in [2.24, 2.45) is 11.3 Å². The van der Waals surface area contributed by atoms with Crippen molar-refractivity contribution in [2.45, 2.75) is 18.3 Å². The minimum atomic E-state index is -1.79. The molecule has 2 fully saturated rings. The number of aliphatic carboxylic acids is 1. The average molecular weight is 384 g/mol. The summed E-state index contributed by atoms with van der Waals surface area (Å²) in [7, 11) is 0. The van der Waals surface area contributed by atoms with E-state index in [1.807, 2.05) is 5.43 Å². The first-order chi connectivity index (χ1) is 11.8. The van der Waals surface area contributed by atoms with Gasteiger partial charge in [-0.05, 0) is 17.5 Å². The standard InChI is InChI=1S/C14H16N4O5S2/c1-7(19)18(8-3-2-4-24-8)9-10(20)17-5-14(13(22)23,12(21)16-15)6-25-11(9)17/h2-4,9,11H,5-6,15H2,1H3,(H,16,21)(H,22,23)/t9?,11-,14?/m1/s1. The number of β-lactam (4-membered cyclic amide) rings is 1. The quantitative estimate of drug-likeness (QED) is 0.208. The lowest BCUT2D eigenvalue weighted by molar-refractivity contribution is -0.162. The van der Waals surface area contributed by atoms with Gasteiger partial charge in [-0.15, -0.1) is 23.1 Å².